The number of carbonyl (C=O) groups excluding carboxylic acids is 1. The molecule has 2 aromatic rings. The molecular formula is C12H11ClN4O. The molecule has 18 heavy (non-hydrogen) atoms. The lowest BCUT2D eigenvalue weighted by Crippen LogP contribution is -2.24. The third kappa shape index (κ3) is 2.03. The third-order valence-corrected chi connectivity index (χ3v) is 2.92. The molecule has 0 saturated carbocycles. The molecule has 0 atom stereocenters. The zero-order valence-electron chi connectivity index (χ0n) is 9.77. The van der Waals surface area contributed by atoms with Crippen molar-refractivity contribution in [2.45, 2.75) is 12.4 Å². The van der Waals surface area contributed by atoms with Crippen molar-refractivity contribution in [3.63, 3.8) is 0 Å². The summed E-state index contributed by atoms with van der Waals surface area (Å²) in [7, 11) is 1.57. The highest BCUT2D eigenvalue weighted by Gasteiger charge is 2.14. The summed E-state index contributed by atoms with van der Waals surface area (Å²) in [6.07, 6.45) is 0. The summed E-state index contributed by atoms with van der Waals surface area (Å²) in [5, 5.41) is 11.6. The van der Waals surface area contributed by atoms with E-state index in [1.54, 1.807) is 23.7 Å². The Bertz CT molecular complexity index is 641. The lowest BCUT2D eigenvalue weighted by Gasteiger charge is -2.06. The fraction of sp³-hybridized carbons (Fsp3) is 0.250. The molecule has 1 aromatic heterocycles. The van der Waals surface area contributed by atoms with Crippen LogP contribution in [-0.2, 0) is 17.2 Å². The quantitative estimate of drug-likeness (QED) is 0.850. The predicted octanol–water partition coefficient (Wildman–Crippen LogP) is 1.39. The maximum absolute atomic E-state index is 11.5. The minimum atomic E-state index is -0.136. The van der Waals surface area contributed by atoms with Crippen LogP contribution in [0, 0.1) is 11.3 Å². The van der Waals surface area contributed by atoms with Gasteiger partial charge in [-0.3, -0.25) is 4.79 Å². The van der Waals surface area contributed by atoms with Crippen molar-refractivity contribution in [2.24, 2.45) is 0 Å². The maximum Gasteiger partial charge on any atom is 0.239 e. The van der Waals surface area contributed by atoms with Gasteiger partial charge in [0.1, 0.15) is 24.0 Å². The van der Waals surface area contributed by atoms with Gasteiger partial charge in [-0.2, -0.15) is 5.26 Å². The fourth-order valence-electron chi connectivity index (χ4n) is 1.79. The molecule has 1 heterocycles. The molecule has 0 unspecified atom stereocenters. The van der Waals surface area contributed by atoms with Gasteiger partial charge in [0.25, 0.3) is 0 Å². The zero-order chi connectivity index (χ0) is 13.1. The number of alkyl halides is 1. The third-order valence-electron chi connectivity index (χ3n) is 2.68. The fourth-order valence-corrected chi connectivity index (χ4v) is 1.99. The highest BCUT2D eigenvalue weighted by Crippen LogP contribution is 2.20. The molecule has 5 nitrogen and oxygen atoms in total. The van der Waals surface area contributed by atoms with Gasteiger partial charge in [0.15, 0.2) is 0 Å². The van der Waals surface area contributed by atoms with E-state index in [0.717, 1.165) is 5.52 Å². The number of benzene rings is 1. The second kappa shape index (κ2) is 5.07. The van der Waals surface area contributed by atoms with Crippen LogP contribution in [0.4, 0.5) is 0 Å². The molecule has 92 valence electrons. The lowest BCUT2D eigenvalue weighted by molar-refractivity contribution is -0.121. The van der Waals surface area contributed by atoms with Crippen LogP contribution in [0.5, 0.6) is 0 Å². The number of halogens is 1. The van der Waals surface area contributed by atoms with Crippen LogP contribution in [0.1, 0.15) is 11.4 Å². The van der Waals surface area contributed by atoms with E-state index in [2.05, 4.69) is 16.4 Å². The number of amides is 1. The van der Waals surface area contributed by atoms with Crippen LogP contribution in [-0.4, -0.2) is 22.5 Å². The van der Waals surface area contributed by atoms with Crippen LogP contribution in [0.25, 0.3) is 11.0 Å². The zero-order valence-corrected chi connectivity index (χ0v) is 10.5. The second-order valence-electron chi connectivity index (χ2n) is 3.71. The van der Waals surface area contributed by atoms with E-state index in [-0.39, 0.29) is 18.3 Å². The summed E-state index contributed by atoms with van der Waals surface area (Å²) in [5.41, 5.74) is 1.81. The molecule has 1 N–H and O–H groups in total. The number of fused-ring (bicyclic) bond motifs is 1. The maximum atomic E-state index is 11.5. The second-order valence-corrected chi connectivity index (χ2v) is 3.97. The number of hydrogen-bond acceptors (Lipinski definition) is 3. The van der Waals surface area contributed by atoms with Gasteiger partial charge in [-0.25, -0.2) is 4.98 Å². The molecule has 0 aliphatic carbocycles. The topological polar surface area (TPSA) is 70.7 Å². The van der Waals surface area contributed by atoms with Crippen molar-refractivity contribution >= 4 is 28.5 Å². The number of carbonyl (C=O) groups is 1. The molecule has 0 bridgehead atoms. The number of likely N-dealkylation sites (N-methyl/N-ethyl adjacent to an activating group) is 1. The largest absolute Gasteiger partial charge is 0.358 e. The molecule has 1 aromatic carbocycles. The van der Waals surface area contributed by atoms with Gasteiger partial charge in [0.2, 0.25) is 5.91 Å². The number of aromatic nitrogens is 2. The number of nitriles is 1. The van der Waals surface area contributed by atoms with E-state index in [1.807, 2.05) is 6.07 Å². The van der Waals surface area contributed by atoms with Crippen molar-refractivity contribution in [3.05, 3.63) is 29.6 Å². The molecule has 6 heteroatoms. The van der Waals surface area contributed by atoms with Crippen molar-refractivity contribution in [2.75, 3.05) is 7.05 Å². The SMILES string of the molecule is CNC(=O)Cn1c(CCl)nc2c(C#N)cccc21. The van der Waals surface area contributed by atoms with Gasteiger partial charge in [-0.15, -0.1) is 11.6 Å². The van der Waals surface area contributed by atoms with E-state index < -0.39 is 0 Å². The van der Waals surface area contributed by atoms with Gasteiger partial charge in [0.05, 0.1) is 17.0 Å². The van der Waals surface area contributed by atoms with Crippen LogP contribution >= 0.6 is 11.6 Å². The molecular weight excluding hydrogens is 252 g/mol. The number of imidazole rings is 1. The first-order valence-corrected chi connectivity index (χ1v) is 5.89. The average Bonchev–Trinajstić information content (AvgIpc) is 2.76. The molecule has 0 spiro atoms. The molecule has 0 aliphatic rings. The minimum absolute atomic E-state index is 0.136. The standard InChI is InChI=1S/C12H11ClN4O/c1-15-11(18)7-17-9-4-2-3-8(6-14)12(9)16-10(17)5-13/h2-4H,5,7H2,1H3,(H,15,18). The average molecular weight is 263 g/mol. The Morgan fingerprint density at radius 1 is 1.61 bits per heavy atom. The summed E-state index contributed by atoms with van der Waals surface area (Å²) in [5.74, 6) is 0.636. The highest BCUT2D eigenvalue weighted by molar-refractivity contribution is 6.17. The minimum Gasteiger partial charge on any atom is -0.358 e. The Morgan fingerprint density at radius 2 is 2.39 bits per heavy atom. The Labute approximate surface area is 109 Å². The summed E-state index contributed by atoms with van der Waals surface area (Å²) < 4.78 is 1.72. The van der Waals surface area contributed by atoms with E-state index in [4.69, 9.17) is 16.9 Å². The Morgan fingerprint density at radius 3 is 3.00 bits per heavy atom. The highest BCUT2D eigenvalue weighted by atomic mass is 35.5. The lowest BCUT2D eigenvalue weighted by atomic mass is 10.2. The predicted molar refractivity (Wildman–Crippen MR) is 68.1 cm³/mol. The molecule has 2 rings (SSSR count). The molecule has 0 fully saturated rings. The summed E-state index contributed by atoms with van der Waals surface area (Å²) in [6.45, 7) is 0.143. The number of para-hydroxylation sites is 1. The van der Waals surface area contributed by atoms with Crippen LogP contribution < -0.4 is 5.32 Å². The van der Waals surface area contributed by atoms with Gasteiger partial charge in [-0.1, -0.05) is 6.07 Å². The summed E-state index contributed by atoms with van der Waals surface area (Å²) in [6, 6.07) is 7.36. The molecule has 1 amide bonds. The monoisotopic (exact) mass is 262 g/mol. The van der Waals surface area contributed by atoms with Gasteiger partial charge in [-0.05, 0) is 12.1 Å². The Balaban J connectivity index is 2.64. The molecule has 0 radical (unpaired) electrons. The van der Waals surface area contributed by atoms with Gasteiger partial charge in [0, 0.05) is 7.05 Å². The van der Waals surface area contributed by atoms with E-state index >= 15 is 0 Å². The van der Waals surface area contributed by atoms with Crippen LogP contribution in [0.2, 0.25) is 0 Å². The van der Waals surface area contributed by atoms with E-state index in [0.29, 0.717) is 16.9 Å². The van der Waals surface area contributed by atoms with Gasteiger partial charge >= 0.3 is 0 Å². The normalized spacial score (nSPS) is 10.3. The van der Waals surface area contributed by atoms with Crippen LogP contribution in [0.3, 0.4) is 0 Å². The first-order valence-electron chi connectivity index (χ1n) is 5.36. The number of hydrogen-bond donors (Lipinski definition) is 1. The van der Waals surface area contributed by atoms with E-state index in [9.17, 15) is 4.79 Å². The Kier molecular flexibility index (Phi) is 3.49. The van der Waals surface area contributed by atoms with Crippen LogP contribution in [0.15, 0.2) is 18.2 Å². The van der Waals surface area contributed by atoms with Crippen molar-refractivity contribution in [1.82, 2.24) is 14.9 Å². The van der Waals surface area contributed by atoms with Crippen molar-refractivity contribution < 1.29 is 4.79 Å². The summed E-state index contributed by atoms with van der Waals surface area (Å²) in [4.78, 5) is 15.8. The first-order chi connectivity index (χ1) is 8.71. The van der Waals surface area contributed by atoms with Gasteiger partial charge < -0.3 is 9.88 Å². The first kappa shape index (κ1) is 12.4. The number of nitrogens with one attached hydrogen (secondary N) is 1. The Hall–Kier alpha value is -2.06. The van der Waals surface area contributed by atoms with E-state index in [1.165, 1.54) is 0 Å². The number of rotatable bonds is 3. The molecule has 0 saturated heterocycles. The van der Waals surface area contributed by atoms with Crippen molar-refractivity contribution in [3.8, 4) is 6.07 Å². The smallest absolute Gasteiger partial charge is 0.239 e. The number of nitrogens with zero attached hydrogens (tertiary/aromatic N) is 3. The molecule has 0 aliphatic heterocycles. The summed E-state index contributed by atoms with van der Waals surface area (Å²) >= 11 is 5.83. The van der Waals surface area contributed by atoms with Crippen molar-refractivity contribution in [1.29, 1.82) is 5.26 Å².